The predicted octanol–water partition coefficient (Wildman–Crippen LogP) is 5.80. The summed E-state index contributed by atoms with van der Waals surface area (Å²) in [4.78, 5) is 21.3. The van der Waals surface area contributed by atoms with Crippen molar-refractivity contribution in [3.63, 3.8) is 0 Å². The highest BCUT2D eigenvalue weighted by Crippen LogP contribution is 2.33. The van der Waals surface area contributed by atoms with E-state index in [9.17, 15) is 13.6 Å². The minimum absolute atomic E-state index is 0.0179. The third-order valence-electron chi connectivity index (χ3n) is 4.18. The van der Waals surface area contributed by atoms with Crippen molar-refractivity contribution >= 4 is 33.7 Å². The third-order valence-corrected chi connectivity index (χ3v) is 5.83. The Morgan fingerprint density at radius 1 is 1.03 bits per heavy atom. The van der Waals surface area contributed by atoms with Crippen molar-refractivity contribution in [2.24, 2.45) is 0 Å². The Morgan fingerprint density at radius 3 is 2.55 bits per heavy atom. The number of amides is 1. The summed E-state index contributed by atoms with van der Waals surface area (Å²) in [7, 11) is 1.59. The molecule has 4 rings (SSSR count). The molecule has 0 aliphatic heterocycles. The van der Waals surface area contributed by atoms with E-state index < -0.39 is 12.5 Å². The maximum Gasteiger partial charge on any atom is 0.387 e. The van der Waals surface area contributed by atoms with Crippen LogP contribution in [0.2, 0.25) is 0 Å². The molecule has 0 radical (unpaired) electrons. The molecule has 0 unspecified atom stereocenters. The molecule has 0 saturated carbocycles. The largest absolute Gasteiger partial charge is 0.497 e. The summed E-state index contributed by atoms with van der Waals surface area (Å²) in [6.45, 7) is -2.94. The Bertz CT molecular complexity index is 1190. The van der Waals surface area contributed by atoms with Crippen LogP contribution in [0.1, 0.15) is 10.5 Å². The van der Waals surface area contributed by atoms with Gasteiger partial charge in [-0.25, -0.2) is 9.97 Å². The van der Waals surface area contributed by atoms with Crippen LogP contribution < -0.4 is 14.8 Å². The fraction of sp³-hybridized carbons (Fsp3) is 0.0952. The van der Waals surface area contributed by atoms with E-state index in [2.05, 4.69) is 20.0 Å². The van der Waals surface area contributed by atoms with E-state index in [-0.39, 0.29) is 11.4 Å². The molecular weight excluding hydrogens is 444 g/mol. The molecular formula is C21H15F2N3O3S2. The van der Waals surface area contributed by atoms with Crippen molar-refractivity contribution < 1.29 is 23.0 Å². The van der Waals surface area contributed by atoms with Gasteiger partial charge in [-0.1, -0.05) is 12.1 Å². The van der Waals surface area contributed by atoms with Gasteiger partial charge in [-0.05, 0) is 36.4 Å². The Kier molecular flexibility index (Phi) is 6.19. The lowest BCUT2D eigenvalue weighted by atomic mass is 10.1. The monoisotopic (exact) mass is 459 g/mol. The van der Waals surface area contributed by atoms with Crippen LogP contribution in [-0.4, -0.2) is 29.6 Å². The van der Waals surface area contributed by atoms with Gasteiger partial charge in [-0.3, -0.25) is 10.1 Å². The quantitative estimate of drug-likeness (QED) is 0.378. The van der Waals surface area contributed by atoms with E-state index in [4.69, 9.17) is 4.74 Å². The number of carbonyl (C=O) groups is 1. The van der Waals surface area contributed by atoms with Gasteiger partial charge in [0, 0.05) is 21.9 Å². The van der Waals surface area contributed by atoms with Crippen LogP contribution in [0, 0.1) is 0 Å². The van der Waals surface area contributed by atoms with E-state index in [1.807, 2.05) is 24.3 Å². The van der Waals surface area contributed by atoms with Gasteiger partial charge in [0.05, 0.1) is 12.8 Å². The second-order valence-electron chi connectivity index (χ2n) is 6.13. The maximum absolute atomic E-state index is 12.6. The summed E-state index contributed by atoms with van der Waals surface area (Å²) < 4.78 is 35.0. The number of ether oxygens (including phenoxy) is 2. The first kappa shape index (κ1) is 20.9. The lowest BCUT2D eigenvalue weighted by molar-refractivity contribution is -0.0494. The van der Waals surface area contributed by atoms with Crippen molar-refractivity contribution in [2.75, 3.05) is 12.4 Å². The Hall–Kier alpha value is -3.37. The van der Waals surface area contributed by atoms with Crippen molar-refractivity contribution in [3.05, 3.63) is 65.0 Å². The first-order valence-electron chi connectivity index (χ1n) is 8.94. The van der Waals surface area contributed by atoms with Gasteiger partial charge in [-0.2, -0.15) is 8.78 Å². The van der Waals surface area contributed by atoms with Gasteiger partial charge >= 0.3 is 6.61 Å². The molecule has 31 heavy (non-hydrogen) atoms. The predicted molar refractivity (Wildman–Crippen MR) is 116 cm³/mol. The minimum atomic E-state index is -2.94. The fourth-order valence-electron chi connectivity index (χ4n) is 2.74. The molecule has 2 aromatic carbocycles. The van der Waals surface area contributed by atoms with Crippen LogP contribution in [0.15, 0.2) is 59.3 Å². The number of carbonyl (C=O) groups excluding carboxylic acids is 1. The average Bonchev–Trinajstić information content (AvgIpc) is 3.44. The normalized spacial score (nSPS) is 10.8. The molecule has 1 amide bonds. The molecule has 0 bridgehead atoms. The number of anilines is 1. The first-order valence-corrected chi connectivity index (χ1v) is 10.7. The van der Waals surface area contributed by atoms with Crippen LogP contribution in [0.5, 0.6) is 11.5 Å². The third kappa shape index (κ3) is 4.86. The topological polar surface area (TPSA) is 73.3 Å². The molecule has 2 heterocycles. The van der Waals surface area contributed by atoms with Crippen LogP contribution in [-0.2, 0) is 0 Å². The fourth-order valence-corrected chi connectivity index (χ4v) is 4.25. The molecule has 2 aromatic heterocycles. The second kappa shape index (κ2) is 9.19. The molecule has 6 nitrogen and oxygen atoms in total. The van der Waals surface area contributed by atoms with Gasteiger partial charge in [0.2, 0.25) is 0 Å². The zero-order chi connectivity index (χ0) is 21.8. The van der Waals surface area contributed by atoms with Crippen LogP contribution in [0.4, 0.5) is 13.9 Å². The molecule has 0 spiro atoms. The highest BCUT2D eigenvalue weighted by atomic mass is 32.1. The number of thiazole rings is 2. The summed E-state index contributed by atoms with van der Waals surface area (Å²) in [5, 5.41) is 7.04. The minimum Gasteiger partial charge on any atom is -0.497 e. The molecule has 0 saturated heterocycles. The lowest BCUT2D eigenvalue weighted by Crippen LogP contribution is -2.12. The average molecular weight is 459 g/mol. The van der Waals surface area contributed by atoms with E-state index in [0.29, 0.717) is 21.4 Å². The lowest BCUT2D eigenvalue weighted by Gasteiger charge is -2.08. The van der Waals surface area contributed by atoms with E-state index in [1.54, 1.807) is 36.1 Å². The standard InChI is InChI=1S/C21H15F2N3O3S2/c1-28-13-8-6-12(7-9-13)19-24-16(11-30-19)18(27)26-21-25-15(10-31-21)14-4-2-3-5-17(14)29-20(22)23/h2-11,20H,1H3,(H,25,26,27). The number of rotatable bonds is 7. The molecule has 158 valence electrons. The number of alkyl halides is 2. The van der Waals surface area contributed by atoms with E-state index in [0.717, 1.165) is 11.3 Å². The zero-order valence-electron chi connectivity index (χ0n) is 16.0. The number of hydrogen-bond donors (Lipinski definition) is 1. The molecule has 10 heteroatoms. The van der Waals surface area contributed by atoms with Gasteiger partial charge in [0.15, 0.2) is 5.13 Å². The summed E-state index contributed by atoms with van der Waals surface area (Å²) >= 11 is 2.53. The Morgan fingerprint density at radius 2 is 1.81 bits per heavy atom. The second-order valence-corrected chi connectivity index (χ2v) is 7.85. The summed E-state index contributed by atoms with van der Waals surface area (Å²) in [5.41, 5.74) is 1.97. The SMILES string of the molecule is COc1ccc(-c2nc(C(=O)Nc3nc(-c4ccccc4OC(F)F)cs3)cs2)cc1. The van der Waals surface area contributed by atoms with Crippen molar-refractivity contribution in [1.29, 1.82) is 0 Å². The summed E-state index contributed by atoms with van der Waals surface area (Å²) in [5.74, 6) is 0.344. The molecule has 0 aliphatic carbocycles. The van der Waals surface area contributed by atoms with Gasteiger partial charge in [0.1, 0.15) is 22.2 Å². The number of nitrogens with zero attached hydrogens (tertiary/aromatic N) is 2. The number of aromatic nitrogens is 2. The van der Waals surface area contributed by atoms with Crippen LogP contribution in [0.3, 0.4) is 0 Å². The number of nitrogens with one attached hydrogen (secondary N) is 1. The van der Waals surface area contributed by atoms with Gasteiger partial charge in [0.25, 0.3) is 5.91 Å². The zero-order valence-corrected chi connectivity index (χ0v) is 17.7. The summed E-state index contributed by atoms with van der Waals surface area (Å²) in [6, 6.07) is 13.7. The van der Waals surface area contributed by atoms with Gasteiger partial charge in [-0.15, -0.1) is 22.7 Å². The van der Waals surface area contributed by atoms with Crippen molar-refractivity contribution in [1.82, 2.24) is 9.97 Å². The van der Waals surface area contributed by atoms with Crippen molar-refractivity contribution in [3.8, 4) is 33.3 Å². The smallest absolute Gasteiger partial charge is 0.387 e. The highest BCUT2D eigenvalue weighted by molar-refractivity contribution is 7.14. The Balaban J connectivity index is 1.48. The maximum atomic E-state index is 12.6. The molecule has 0 fully saturated rings. The molecule has 4 aromatic rings. The molecule has 0 atom stereocenters. The first-order chi connectivity index (χ1) is 15.0. The van der Waals surface area contributed by atoms with Gasteiger partial charge < -0.3 is 9.47 Å². The van der Waals surface area contributed by atoms with E-state index in [1.165, 1.54) is 28.7 Å². The highest BCUT2D eigenvalue weighted by Gasteiger charge is 2.16. The number of para-hydroxylation sites is 1. The van der Waals surface area contributed by atoms with Crippen LogP contribution in [0.25, 0.3) is 21.8 Å². The molecule has 1 N–H and O–H groups in total. The number of methoxy groups -OCH3 is 1. The van der Waals surface area contributed by atoms with E-state index >= 15 is 0 Å². The van der Waals surface area contributed by atoms with Crippen LogP contribution >= 0.6 is 22.7 Å². The Labute approximate surface area is 184 Å². The molecule has 0 aliphatic rings. The number of benzene rings is 2. The number of hydrogen-bond acceptors (Lipinski definition) is 7. The number of halogens is 2. The summed E-state index contributed by atoms with van der Waals surface area (Å²) in [6.07, 6.45) is 0. The van der Waals surface area contributed by atoms with Crippen molar-refractivity contribution in [2.45, 2.75) is 6.61 Å².